The van der Waals surface area contributed by atoms with Crippen molar-refractivity contribution in [2.45, 2.75) is 6.61 Å². The molecule has 0 N–H and O–H groups in total. The van der Waals surface area contributed by atoms with Crippen molar-refractivity contribution < 1.29 is 9.66 Å². The van der Waals surface area contributed by atoms with Gasteiger partial charge in [-0.3, -0.25) is 10.1 Å². The third-order valence-corrected chi connectivity index (χ3v) is 4.25. The molecule has 0 atom stereocenters. The Kier molecular flexibility index (Phi) is 4.84. The fraction of sp³-hybridized carbons (Fsp3) is 0.0455. The van der Waals surface area contributed by atoms with Crippen LogP contribution in [0, 0.1) is 10.1 Å². The van der Waals surface area contributed by atoms with E-state index < -0.39 is 4.92 Å². The SMILES string of the molecule is O=[N+]([O-])c1cc(C=Cc2cn3ccccc3n2)ccc1OCc1ccccc1. The van der Waals surface area contributed by atoms with Crippen LogP contribution in [-0.4, -0.2) is 14.3 Å². The molecule has 2 aromatic carbocycles. The maximum absolute atomic E-state index is 11.5. The van der Waals surface area contributed by atoms with Crippen LogP contribution in [0.5, 0.6) is 5.75 Å². The lowest BCUT2D eigenvalue weighted by Crippen LogP contribution is -1.99. The van der Waals surface area contributed by atoms with Gasteiger partial charge in [0.2, 0.25) is 0 Å². The third-order valence-electron chi connectivity index (χ3n) is 4.25. The van der Waals surface area contributed by atoms with E-state index in [1.54, 1.807) is 18.2 Å². The topological polar surface area (TPSA) is 69.7 Å². The molecular formula is C22H17N3O3. The first-order valence-electron chi connectivity index (χ1n) is 8.76. The summed E-state index contributed by atoms with van der Waals surface area (Å²) in [5, 5.41) is 11.5. The number of benzene rings is 2. The molecule has 4 rings (SSSR count). The molecule has 0 aliphatic carbocycles. The van der Waals surface area contributed by atoms with Crippen LogP contribution in [-0.2, 0) is 6.61 Å². The molecule has 0 amide bonds. The highest BCUT2D eigenvalue weighted by Crippen LogP contribution is 2.29. The molecule has 138 valence electrons. The fourth-order valence-corrected chi connectivity index (χ4v) is 2.85. The summed E-state index contributed by atoms with van der Waals surface area (Å²) >= 11 is 0. The number of rotatable bonds is 6. The number of aromatic nitrogens is 2. The third kappa shape index (κ3) is 3.91. The van der Waals surface area contributed by atoms with Crippen molar-refractivity contribution in [3.63, 3.8) is 0 Å². The molecule has 0 saturated heterocycles. The standard InChI is InChI=1S/C22H17N3O3/c26-25(27)20-14-17(9-11-19-15-24-13-5-4-8-22(24)23-19)10-12-21(20)28-16-18-6-2-1-3-7-18/h1-15H,16H2. The number of ether oxygens (including phenoxy) is 1. The van der Waals surface area contributed by atoms with Crippen LogP contribution in [0.3, 0.4) is 0 Å². The van der Waals surface area contributed by atoms with E-state index in [9.17, 15) is 10.1 Å². The zero-order chi connectivity index (χ0) is 19.3. The van der Waals surface area contributed by atoms with Crippen molar-refractivity contribution in [2.75, 3.05) is 0 Å². The van der Waals surface area contributed by atoms with E-state index in [0.29, 0.717) is 5.56 Å². The lowest BCUT2D eigenvalue weighted by atomic mass is 10.1. The maximum atomic E-state index is 11.5. The van der Waals surface area contributed by atoms with E-state index in [4.69, 9.17) is 4.74 Å². The number of nitrogens with zero attached hydrogens (tertiary/aromatic N) is 3. The number of pyridine rings is 1. The molecule has 6 heteroatoms. The number of nitro groups is 1. The fourth-order valence-electron chi connectivity index (χ4n) is 2.85. The first kappa shape index (κ1) is 17.5. The molecular weight excluding hydrogens is 354 g/mol. The van der Waals surface area contributed by atoms with Gasteiger partial charge in [-0.25, -0.2) is 4.98 Å². The molecule has 0 aliphatic rings. The Bertz CT molecular complexity index is 1120. The van der Waals surface area contributed by atoms with Crippen LogP contribution in [0.15, 0.2) is 79.1 Å². The van der Waals surface area contributed by atoms with Gasteiger partial charge in [-0.1, -0.05) is 48.5 Å². The summed E-state index contributed by atoms with van der Waals surface area (Å²) in [7, 11) is 0. The van der Waals surface area contributed by atoms with Gasteiger partial charge in [-0.15, -0.1) is 0 Å². The normalized spacial score (nSPS) is 11.1. The van der Waals surface area contributed by atoms with E-state index in [0.717, 1.165) is 16.9 Å². The molecule has 0 fully saturated rings. The van der Waals surface area contributed by atoms with E-state index in [1.165, 1.54) is 6.07 Å². The number of nitro benzene ring substituents is 1. The van der Waals surface area contributed by atoms with E-state index in [-0.39, 0.29) is 18.0 Å². The second-order valence-electron chi connectivity index (χ2n) is 6.22. The van der Waals surface area contributed by atoms with Gasteiger partial charge >= 0.3 is 5.69 Å². The molecule has 4 aromatic rings. The van der Waals surface area contributed by atoms with Gasteiger partial charge in [0, 0.05) is 18.5 Å². The monoisotopic (exact) mass is 371 g/mol. The summed E-state index contributed by atoms with van der Waals surface area (Å²) in [5.41, 5.74) is 3.22. The largest absolute Gasteiger partial charge is 0.482 e. The Morgan fingerprint density at radius 1 is 1.04 bits per heavy atom. The number of fused-ring (bicyclic) bond motifs is 1. The first-order valence-corrected chi connectivity index (χ1v) is 8.76. The minimum atomic E-state index is -0.428. The quantitative estimate of drug-likeness (QED) is 0.354. The molecule has 0 aliphatic heterocycles. The molecule has 28 heavy (non-hydrogen) atoms. The van der Waals surface area contributed by atoms with Crippen LogP contribution in [0.1, 0.15) is 16.8 Å². The summed E-state index contributed by atoms with van der Waals surface area (Å²) < 4.78 is 7.58. The van der Waals surface area contributed by atoms with Crippen molar-refractivity contribution in [3.05, 3.63) is 106 Å². The second-order valence-corrected chi connectivity index (χ2v) is 6.22. The predicted molar refractivity (Wildman–Crippen MR) is 108 cm³/mol. The van der Waals surface area contributed by atoms with Gasteiger partial charge in [0.15, 0.2) is 5.75 Å². The zero-order valence-corrected chi connectivity index (χ0v) is 14.9. The first-order chi connectivity index (χ1) is 13.7. The molecule has 6 nitrogen and oxygen atoms in total. The average Bonchev–Trinajstić information content (AvgIpc) is 3.14. The van der Waals surface area contributed by atoms with Crippen LogP contribution in [0.4, 0.5) is 5.69 Å². The lowest BCUT2D eigenvalue weighted by molar-refractivity contribution is -0.386. The highest BCUT2D eigenvalue weighted by molar-refractivity contribution is 5.71. The maximum Gasteiger partial charge on any atom is 0.311 e. The van der Waals surface area contributed by atoms with Crippen LogP contribution in [0.2, 0.25) is 0 Å². The minimum Gasteiger partial charge on any atom is -0.482 e. The Hall–Kier alpha value is -3.93. The summed E-state index contributed by atoms with van der Waals surface area (Å²) in [6.45, 7) is 0.276. The minimum absolute atomic E-state index is 0.0620. The van der Waals surface area contributed by atoms with Crippen LogP contribution >= 0.6 is 0 Å². The molecule has 0 unspecified atom stereocenters. The van der Waals surface area contributed by atoms with Gasteiger partial charge in [-0.05, 0) is 35.4 Å². The molecule has 0 saturated carbocycles. The molecule has 2 aromatic heterocycles. The van der Waals surface area contributed by atoms with Gasteiger partial charge in [0.05, 0.1) is 10.6 Å². The average molecular weight is 371 g/mol. The van der Waals surface area contributed by atoms with Gasteiger partial charge < -0.3 is 9.14 Å². The van der Waals surface area contributed by atoms with Crippen LogP contribution < -0.4 is 4.74 Å². The van der Waals surface area contributed by atoms with Crippen molar-refractivity contribution in [1.29, 1.82) is 0 Å². The Labute approximate surface area is 161 Å². The number of hydrogen-bond acceptors (Lipinski definition) is 4. The van der Waals surface area contributed by atoms with Crippen molar-refractivity contribution in [2.24, 2.45) is 0 Å². The van der Waals surface area contributed by atoms with Crippen molar-refractivity contribution in [3.8, 4) is 5.75 Å². The Balaban J connectivity index is 1.54. The number of hydrogen-bond donors (Lipinski definition) is 0. The highest BCUT2D eigenvalue weighted by Gasteiger charge is 2.15. The van der Waals surface area contributed by atoms with Crippen molar-refractivity contribution in [1.82, 2.24) is 9.38 Å². The van der Waals surface area contributed by atoms with Gasteiger partial charge in [-0.2, -0.15) is 0 Å². The summed E-state index contributed by atoms with van der Waals surface area (Å²) in [6.07, 6.45) is 7.45. The zero-order valence-electron chi connectivity index (χ0n) is 14.9. The summed E-state index contributed by atoms with van der Waals surface area (Å²) in [4.78, 5) is 15.5. The van der Waals surface area contributed by atoms with Gasteiger partial charge in [0.1, 0.15) is 12.3 Å². The number of imidazole rings is 1. The Morgan fingerprint density at radius 2 is 1.86 bits per heavy atom. The second kappa shape index (κ2) is 7.75. The predicted octanol–water partition coefficient (Wildman–Crippen LogP) is 4.99. The lowest BCUT2D eigenvalue weighted by Gasteiger charge is -2.07. The Morgan fingerprint density at radius 3 is 2.64 bits per heavy atom. The highest BCUT2D eigenvalue weighted by atomic mass is 16.6. The van der Waals surface area contributed by atoms with Crippen LogP contribution in [0.25, 0.3) is 17.8 Å². The van der Waals surface area contributed by atoms with E-state index >= 15 is 0 Å². The molecule has 0 spiro atoms. The molecule has 0 bridgehead atoms. The summed E-state index contributed by atoms with van der Waals surface area (Å²) in [6, 6.07) is 20.2. The van der Waals surface area contributed by atoms with E-state index in [1.807, 2.05) is 71.4 Å². The summed E-state index contributed by atoms with van der Waals surface area (Å²) in [5.74, 6) is 0.249. The van der Waals surface area contributed by atoms with Crippen molar-refractivity contribution >= 4 is 23.5 Å². The molecule has 2 heterocycles. The van der Waals surface area contributed by atoms with E-state index in [2.05, 4.69) is 4.98 Å². The molecule has 0 radical (unpaired) electrons. The smallest absolute Gasteiger partial charge is 0.311 e. The van der Waals surface area contributed by atoms with Gasteiger partial charge in [0.25, 0.3) is 0 Å².